The fourth-order valence-corrected chi connectivity index (χ4v) is 2.10. The average molecular weight is 319 g/mol. The van der Waals surface area contributed by atoms with Crippen LogP contribution in [0.25, 0.3) is 0 Å². The van der Waals surface area contributed by atoms with Crippen LogP contribution in [0.3, 0.4) is 0 Å². The molecule has 4 nitrogen and oxygen atoms in total. The van der Waals surface area contributed by atoms with Crippen molar-refractivity contribution in [3.05, 3.63) is 62.5 Å². The molecule has 0 aliphatic carbocycles. The number of rotatable bonds is 3. The van der Waals surface area contributed by atoms with Crippen molar-refractivity contribution in [3.8, 4) is 0 Å². The van der Waals surface area contributed by atoms with Crippen LogP contribution in [0.4, 0.5) is 13.2 Å². The summed E-state index contributed by atoms with van der Waals surface area (Å²) in [5.74, 6) is 0. The third kappa shape index (κ3) is 3.18. The van der Waals surface area contributed by atoms with E-state index in [4.69, 9.17) is 11.6 Å². The summed E-state index contributed by atoms with van der Waals surface area (Å²) in [7, 11) is 1.05. The molecule has 0 radical (unpaired) electrons. The molecule has 0 saturated carbocycles. The minimum absolute atomic E-state index is 0.0480. The molecule has 0 saturated heterocycles. The van der Waals surface area contributed by atoms with E-state index < -0.39 is 22.3 Å². The standard InChI is InChI=1S/C13H10ClF3N2O2/c1-21-19-12(20)10(13(15,16)17)11(14)9(18-19)7-8-5-3-2-4-6-8/h2-6H,7H2,1H3. The van der Waals surface area contributed by atoms with Crippen molar-refractivity contribution in [2.45, 2.75) is 12.6 Å². The zero-order chi connectivity index (χ0) is 15.6. The van der Waals surface area contributed by atoms with E-state index in [1.807, 2.05) is 0 Å². The summed E-state index contributed by atoms with van der Waals surface area (Å²) in [5.41, 5.74) is -2.29. The van der Waals surface area contributed by atoms with Crippen molar-refractivity contribution in [1.29, 1.82) is 0 Å². The smallest absolute Gasteiger partial charge is 0.397 e. The first-order valence-electron chi connectivity index (χ1n) is 5.82. The van der Waals surface area contributed by atoms with E-state index in [1.165, 1.54) is 0 Å². The molecule has 0 spiro atoms. The zero-order valence-electron chi connectivity index (χ0n) is 10.8. The van der Waals surface area contributed by atoms with Crippen molar-refractivity contribution in [1.82, 2.24) is 9.94 Å². The van der Waals surface area contributed by atoms with Crippen molar-refractivity contribution < 1.29 is 18.0 Å². The highest BCUT2D eigenvalue weighted by molar-refractivity contribution is 6.32. The van der Waals surface area contributed by atoms with Gasteiger partial charge < -0.3 is 4.84 Å². The van der Waals surface area contributed by atoms with E-state index in [9.17, 15) is 18.0 Å². The van der Waals surface area contributed by atoms with Crippen LogP contribution in [0.2, 0.25) is 5.02 Å². The summed E-state index contributed by atoms with van der Waals surface area (Å²) < 4.78 is 38.9. The molecule has 0 unspecified atom stereocenters. The van der Waals surface area contributed by atoms with E-state index in [0.717, 1.165) is 7.11 Å². The van der Waals surface area contributed by atoms with Crippen molar-refractivity contribution in [2.75, 3.05) is 7.11 Å². The Balaban J connectivity index is 2.59. The molecule has 1 aromatic heterocycles. The lowest BCUT2D eigenvalue weighted by molar-refractivity contribution is -0.140. The second kappa shape index (κ2) is 5.77. The Kier molecular flexibility index (Phi) is 4.22. The number of hydrogen-bond acceptors (Lipinski definition) is 3. The molecule has 1 heterocycles. The maximum Gasteiger partial charge on any atom is 0.423 e. The van der Waals surface area contributed by atoms with Crippen LogP contribution in [-0.4, -0.2) is 17.1 Å². The van der Waals surface area contributed by atoms with Gasteiger partial charge in [0.05, 0.1) is 10.7 Å². The molecule has 8 heteroatoms. The van der Waals surface area contributed by atoms with E-state index in [-0.39, 0.29) is 17.0 Å². The van der Waals surface area contributed by atoms with Gasteiger partial charge in [-0.15, -0.1) is 5.10 Å². The lowest BCUT2D eigenvalue weighted by Gasteiger charge is -2.13. The molecule has 0 aliphatic heterocycles. The third-order valence-corrected chi connectivity index (χ3v) is 3.15. The summed E-state index contributed by atoms with van der Waals surface area (Å²) in [4.78, 5) is 16.5. The molecule has 2 rings (SSSR count). The number of nitrogens with zero attached hydrogens (tertiary/aromatic N) is 2. The fraction of sp³-hybridized carbons (Fsp3) is 0.231. The summed E-state index contributed by atoms with van der Waals surface area (Å²) in [6.07, 6.45) is -4.84. The highest BCUT2D eigenvalue weighted by atomic mass is 35.5. The van der Waals surface area contributed by atoms with Crippen LogP contribution in [0.1, 0.15) is 16.8 Å². The van der Waals surface area contributed by atoms with Gasteiger partial charge >= 0.3 is 11.7 Å². The van der Waals surface area contributed by atoms with Gasteiger partial charge in [-0.05, 0) is 5.56 Å². The molecular formula is C13H10ClF3N2O2. The monoisotopic (exact) mass is 318 g/mol. The Morgan fingerprint density at radius 3 is 2.43 bits per heavy atom. The molecule has 0 bridgehead atoms. The normalized spacial score (nSPS) is 11.5. The Morgan fingerprint density at radius 1 is 1.29 bits per heavy atom. The van der Waals surface area contributed by atoms with Crippen LogP contribution in [0, 0.1) is 0 Å². The van der Waals surface area contributed by atoms with Crippen LogP contribution in [0.15, 0.2) is 35.1 Å². The van der Waals surface area contributed by atoms with E-state index in [2.05, 4.69) is 9.94 Å². The molecule has 0 fully saturated rings. The molecule has 0 aliphatic rings. The summed E-state index contributed by atoms with van der Waals surface area (Å²) in [6.45, 7) is 0. The third-order valence-electron chi connectivity index (χ3n) is 2.74. The number of halogens is 4. The van der Waals surface area contributed by atoms with Gasteiger partial charge in [0.15, 0.2) is 0 Å². The van der Waals surface area contributed by atoms with E-state index in [0.29, 0.717) is 5.56 Å². The largest absolute Gasteiger partial charge is 0.423 e. The van der Waals surface area contributed by atoms with E-state index in [1.54, 1.807) is 30.3 Å². The Labute approximate surface area is 122 Å². The van der Waals surface area contributed by atoms with Crippen molar-refractivity contribution >= 4 is 11.6 Å². The first kappa shape index (κ1) is 15.4. The summed E-state index contributed by atoms with van der Waals surface area (Å²) in [6, 6.07) is 8.68. The fourth-order valence-electron chi connectivity index (χ4n) is 1.80. The number of hydrogen-bond donors (Lipinski definition) is 0. The summed E-state index contributed by atoms with van der Waals surface area (Å²) in [5, 5.41) is 3.01. The SMILES string of the molecule is COn1nc(Cc2ccccc2)c(Cl)c(C(F)(F)F)c1=O. The quantitative estimate of drug-likeness (QED) is 0.873. The molecule has 1 aromatic carbocycles. The van der Waals surface area contributed by atoms with Crippen LogP contribution >= 0.6 is 11.6 Å². The van der Waals surface area contributed by atoms with Crippen molar-refractivity contribution in [3.63, 3.8) is 0 Å². The second-order valence-corrected chi connectivity index (χ2v) is 4.53. The van der Waals surface area contributed by atoms with Gasteiger partial charge in [0, 0.05) is 6.42 Å². The minimum atomic E-state index is -4.89. The van der Waals surface area contributed by atoms with Gasteiger partial charge in [0.2, 0.25) is 0 Å². The van der Waals surface area contributed by atoms with Gasteiger partial charge in [0.25, 0.3) is 0 Å². The Morgan fingerprint density at radius 2 is 1.90 bits per heavy atom. The van der Waals surface area contributed by atoms with Gasteiger partial charge in [0.1, 0.15) is 12.7 Å². The van der Waals surface area contributed by atoms with Crippen LogP contribution in [0.5, 0.6) is 0 Å². The summed E-state index contributed by atoms with van der Waals surface area (Å²) >= 11 is 5.73. The molecule has 0 amide bonds. The maximum absolute atomic E-state index is 13.0. The Hall–Kier alpha value is -2.02. The first-order chi connectivity index (χ1) is 9.84. The topological polar surface area (TPSA) is 44.1 Å². The molecule has 0 N–H and O–H groups in total. The highest BCUT2D eigenvalue weighted by Crippen LogP contribution is 2.33. The van der Waals surface area contributed by atoms with Gasteiger partial charge in [-0.25, -0.2) is 0 Å². The molecular weight excluding hydrogens is 309 g/mol. The van der Waals surface area contributed by atoms with Crippen molar-refractivity contribution in [2.24, 2.45) is 0 Å². The number of benzene rings is 1. The Bertz CT molecular complexity index is 699. The predicted octanol–water partition coefficient (Wildman–Crippen LogP) is 2.56. The molecule has 21 heavy (non-hydrogen) atoms. The number of alkyl halides is 3. The van der Waals surface area contributed by atoms with Crippen LogP contribution in [-0.2, 0) is 12.6 Å². The lowest BCUT2D eigenvalue weighted by atomic mass is 10.1. The van der Waals surface area contributed by atoms with Gasteiger partial charge in [-0.3, -0.25) is 4.79 Å². The highest BCUT2D eigenvalue weighted by Gasteiger charge is 2.39. The maximum atomic E-state index is 13.0. The number of aromatic nitrogens is 2. The minimum Gasteiger partial charge on any atom is -0.397 e. The molecule has 112 valence electrons. The zero-order valence-corrected chi connectivity index (χ0v) is 11.6. The predicted molar refractivity (Wildman–Crippen MR) is 70.3 cm³/mol. The van der Waals surface area contributed by atoms with Crippen LogP contribution < -0.4 is 10.4 Å². The van der Waals surface area contributed by atoms with Gasteiger partial charge in [-0.2, -0.15) is 13.2 Å². The molecule has 2 aromatic rings. The average Bonchev–Trinajstić information content (AvgIpc) is 2.41. The van der Waals surface area contributed by atoms with E-state index >= 15 is 0 Å². The second-order valence-electron chi connectivity index (χ2n) is 4.16. The van der Waals surface area contributed by atoms with Gasteiger partial charge in [-0.1, -0.05) is 46.8 Å². The first-order valence-corrected chi connectivity index (χ1v) is 6.19. The molecule has 0 atom stereocenters. The lowest BCUT2D eigenvalue weighted by Crippen LogP contribution is -2.35.